The molecule has 4 atom stereocenters. The summed E-state index contributed by atoms with van der Waals surface area (Å²) in [7, 11) is 1.51. The molecule has 0 aliphatic carbocycles. The van der Waals surface area contributed by atoms with E-state index < -0.39 is 46.8 Å². The third-order valence-corrected chi connectivity index (χ3v) is 7.27. The van der Waals surface area contributed by atoms with Crippen molar-refractivity contribution in [2.75, 3.05) is 18.6 Å². The second-order valence-corrected chi connectivity index (χ2v) is 10.1. The minimum absolute atomic E-state index is 0.0309. The maximum Gasteiger partial charge on any atom is 0.346 e. The van der Waals surface area contributed by atoms with E-state index in [2.05, 4.69) is 25.9 Å². The first-order valence-electron chi connectivity index (χ1n) is 12.4. The summed E-state index contributed by atoms with van der Waals surface area (Å²) in [4.78, 5) is 57.6. The second kappa shape index (κ2) is 12.9. The summed E-state index contributed by atoms with van der Waals surface area (Å²) in [6.07, 6.45) is -1.24. The number of hydrogen-bond donors (Lipinski definition) is 1. The van der Waals surface area contributed by atoms with Crippen molar-refractivity contribution in [1.82, 2.24) is 9.97 Å². The molecule has 1 amide bonds. The van der Waals surface area contributed by atoms with Crippen LogP contribution in [-0.2, 0) is 30.2 Å². The van der Waals surface area contributed by atoms with Crippen LogP contribution in [0.25, 0.3) is 0 Å². The third-order valence-electron chi connectivity index (χ3n) is 6.16. The number of carbonyl (C=O) groups excluding carboxylic acids is 3. The first-order chi connectivity index (χ1) is 19.2. The molecule has 11 nitrogen and oxygen atoms in total. The number of amides is 1. The monoisotopic (exact) mass is 613 g/mol. The van der Waals surface area contributed by atoms with Crippen molar-refractivity contribution >= 4 is 39.6 Å². The van der Waals surface area contributed by atoms with Gasteiger partial charge in [0.15, 0.2) is 12.3 Å². The Labute approximate surface area is 238 Å². The summed E-state index contributed by atoms with van der Waals surface area (Å²) in [6.45, 7) is 2.33. The zero-order valence-electron chi connectivity index (χ0n) is 22.0. The molecule has 4 rings (SSSR count). The fourth-order valence-electron chi connectivity index (χ4n) is 4.33. The molecule has 40 heavy (non-hydrogen) atoms. The SMILES string of the molecule is COc1ccc(C(=O)N(c2nc(=O)[nH]cc2Cc2ccccc2)[C@@H]2O[C@H](COC(C)=O)[C@H](Br)[C@H]2OC(C)=O)cc1. The molecule has 1 aromatic heterocycles. The first kappa shape index (κ1) is 29.0. The number of ether oxygens (including phenoxy) is 4. The van der Waals surface area contributed by atoms with Crippen LogP contribution in [0.15, 0.2) is 65.6 Å². The maximum atomic E-state index is 14.2. The van der Waals surface area contributed by atoms with Crippen LogP contribution in [-0.4, -0.2) is 64.8 Å². The van der Waals surface area contributed by atoms with Crippen LogP contribution in [0.2, 0.25) is 0 Å². The summed E-state index contributed by atoms with van der Waals surface area (Å²) >= 11 is 3.51. The van der Waals surface area contributed by atoms with Crippen molar-refractivity contribution in [2.45, 2.75) is 43.5 Å². The lowest BCUT2D eigenvalue weighted by atomic mass is 10.1. The highest BCUT2D eigenvalue weighted by atomic mass is 79.9. The molecule has 2 aromatic carbocycles. The van der Waals surface area contributed by atoms with E-state index in [1.807, 2.05) is 30.3 Å². The average molecular weight is 614 g/mol. The van der Waals surface area contributed by atoms with Gasteiger partial charge in [-0.1, -0.05) is 46.3 Å². The number of halogens is 1. The molecule has 2 heterocycles. The van der Waals surface area contributed by atoms with Gasteiger partial charge < -0.3 is 23.9 Å². The number of alkyl halides is 1. The quantitative estimate of drug-likeness (QED) is 0.285. The molecule has 1 aliphatic heterocycles. The van der Waals surface area contributed by atoms with Gasteiger partial charge in [0.05, 0.1) is 11.9 Å². The number of methoxy groups -OCH3 is 1. The van der Waals surface area contributed by atoms with Gasteiger partial charge in [-0.15, -0.1) is 0 Å². The lowest BCUT2D eigenvalue weighted by molar-refractivity contribution is -0.148. The molecule has 3 aromatic rings. The van der Waals surface area contributed by atoms with Gasteiger partial charge in [-0.25, -0.2) is 4.79 Å². The minimum Gasteiger partial charge on any atom is -0.497 e. The summed E-state index contributed by atoms with van der Waals surface area (Å²) in [5.74, 6) is -1.13. The van der Waals surface area contributed by atoms with Crippen molar-refractivity contribution in [3.05, 3.63) is 88.0 Å². The minimum atomic E-state index is -1.23. The molecule has 0 bridgehead atoms. The molecule has 0 saturated carbocycles. The number of aromatic nitrogens is 2. The first-order valence-corrected chi connectivity index (χ1v) is 13.3. The maximum absolute atomic E-state index is 14.2. The Bertz CT molecular complexity index is 1410. The smallest absolute Gasteiger partial charge is 0.346 e. The number of anilines is 1. The van der Waals surface area contributed by atoms with Gasteiger partial charge in [0.2, 0.25) is 0 Å². The van der Waals surface area contributed by atoms with E-state index in [1.165, 1.54) is 32.1 Å². The van der Waals surface area contributed by atoms with Gasteiger partial charge in [0.1, 0.15) is 24.3 Å². The van der Waals surface area contributed by atoms with Gasteiger partial charge >= 0.3 is 17.6 Å². The Balaban J connectivity index is 1.84. The van der Waals surface area contributed by atoms with Crippen molar-refractivity contribution in [2.24, 2.45) is 0 Å². The summed E-state index contributed by atoms with van der Waals surface area (Å²) in [5.41, 5.74) is 0.985. The van der Waals surface area contributed by atoms with Crippen LogP contribution >= 0.6 is 15.9 Å². The lowest BCUT2D eigenvalue weighted by Crippen LogP contribution is -2.49. The number of nitrogens with one attached hydrogen (secondary N) is 1. The van der Waals surface area contributed by atoms with Crippen LogP contribution in [0.5, 0.6) is 5.75 Å². The molecule has 0 radical (unpaired) electrons. The molecule has 1 fully saturated rings. The lowest BCUT2D eigenvalue weighted by Gasteiger charge is -2.32. The highest BCUT2D eigenvalue weighted by Crippen LogP contribution is 2.36. The highest BCUT2D eigenvalue weighted by molar-refractivity contribution is 9.09. The van der Waals surface area contributed by atoms with Crippen LogP contribution in [0.1, 0.15) is 35.3 Å². The van der Waals surface area contributed by atoms with Gasteiger partial charge in [-0.2, -0.15) is 4.98 Å². The van der Waals surface area contributed by atoms with Gasteiger partial charge in [0.25, 0.3) is 5.91 Å². The highest BCUT2D eigenvalue weighted by Gasteiger charge is 2.51. The molecule has 1 saturated heterocycles. The molecule has 1 aliphatic rings. The molecular formula is C28H28BrN3O8. The molecule has 1 N–H and O–H groups in total. The van der Waals surface area contributed by atoms with Crippen LogP contribution in [0.3, 0.4) is 0 Å². The number of carbonyl (C=O) groups is 3. The van der Waals surface area contributed by atoms with E-state index in [1.54, 1.807) is 24.3 Å². The van der Waals surface area contributed by atoms with E-state index in [0.717, 1.165) is 5.56 Å². The fraction of sp³-hybridized carbons (Fsp3) is 0.321. The van der Waals surface area contributed by atoms with Crippen LogP contribution in [0.4, 0.5) is 5.82 Å². The number of esters is 2. The zero-order valence-corrected chi connectivity index (χ0v) is 23.6. The average Bonchev–Trinajstić information content (AvgIpc) is 3.23. The van der Waals surface area contributed by atoms with E-state index in [0.29, 0.717) is 17.7 Å². The van der Waals surface area contributed by atoms with E-state index in [9.17, 15) is 19.2 Å². The fourth-order valence-corrected chi connectivity index (χ4v) is 4.97. The van der Waals surface area contributed by atoms with Crippen molar-refractivity contribution in [3.8, 4) is 5.75 Å². The Morgan fingerprint density at radius 2 is 1.75 bits per heavy atom. The number of aromatic amines is 1. The molecular weight excluding hydrogens is 586 g/mol. The van der Waals surface area contributed by atoms with Gasteiger partial charge in [-0.05, 0) is 29.8 Å². The molecule has 0 unspecified atom stereocenters. The predicted octanol–water partition coefficient (Wildman–Crippen LogP) is 3.00. The van der Waals surface area contributed by atoms with Crippen LogP contribution in [0, 0.1) is 0 Å². The van der Waals surface area contributed by atoms with E-state index >= 15 is 0 Å². The number of rotatable bonds is 9. The second-order valence-electron chi connectivity index (χ2n) is 9.01. The van der Waals surface area contributed by atoms with Crippen molar-refractivity contribution in [3.63, 3.8) is 0 Å². The Kier molecular flexibility index (Phi) is 9.33. The molecule has 210 valence electrons. The van der Waals surface area contributed by atoms with Crippen molar-refractivity contribution < 1.29 is 33.3 Å². The predicted molar refractivity (Wildman–Crippen MR) is 147 cm³/mol. The van der Waals surface area contributed by atoms with Gasteiger partial charge in [0, 0.05) is 37.6 Å². The summed E-state index contributed by atoms with van der Waals surface area (Å²) in [5, 5.41) is 0. The Morgan fingerprint density at radius 3 is 2.38 bits per heavy atom. The van der Waals surface area contributed by atoms with Crippen LogP contribution < -0.4 is 15.3 Å². The number of H-pyrrole nitrogens is 1. The normalized spacial score (nSPS) is 20.0. The number of nitrogens with zero attached hydrogens (tertiary/aromatic N) is 2. The largest absolute Gasteiger partial charge is 0.497 e. The Morgan fingerprint density at radius 1 is 1.05 bits per heavy atom. The topological polar surface area (TPSA) is 137 Å². The van der Waals surface area contributed by atoms with Gasteiger partial charge in [-0.3, -0.25) is 19.3 Å². The standard InChI is InChI=1S/C28H28BrN3O8/c1-16(33)38-15-22-23(29)24(39-17(2)34)27(40-22)32(26(35)19-9-11-21(37-3)12-10-19)25-20(14-30-28(36)31-25)13-18-7-5-4-6-8-18/h4-12,14,22-24,27H,13,15H2,1-3H3,(H,30,31,36)/t22-,23+,24-,27-/m1/s1. The number of benzene rings is 2. The third kappa shape index (κ3) is 6.75. The molecule has 0 spiro atoms. The van der Waals surface area contributed by atoms with E-state index in [-0.39, 0.29) is 18.0 Å². The molecule has 12 heteroatoms. The summed E-state index contributed by atoms with van der Waals surface area (Å²) in [6, 6.07) is 15.8. The number of hydrogen-bond acceptors (Lipinski definition) is 9. The van der Waals surface area contributed by atoms with E-state index in [4.69, 9.17) is 18.9 Å². The Hall–Kier alpha value is -4.03. The summed E-state index contributed by atoms with van der Waals surface area (Å²) < 4.78 is 22.2. The zero-order chi connectivity index (χ0) is 28.8. The van der Waals surface area contributed by atoms with Crippen molar-refractivity contribution in [1.29, 1.82) is 0 Å².